The summed E-state index contributed by atoms with van der Waals surface area (Å²) >= 11 is 0. The minimum Gasteiger partial charge on any atom is -0.481 e. The molecule has 10 heteroatoms. The Morgan fingerprint density at radius 3 is 2.27 bits per heavy atom. The summed E-state index contributed by atoms with van der Waals surface area (Å²) in [6.45, 7) is 4.62. The van der Waals surface area contributed by atoms with E-state index in [9.17, 15) is 24.5 Å². The maximum Gasteiger partial charge on any atom is 0.408 e. The van der Waals surface area contributed by atoms with Crippen molar-refractivity contribution >= 4 is 23.7 Å². The Hall–Kier alpha value is -3.17. The van der Waals surface area contributed by atoms with Crippen LogP contribution in [0.1, 0.15) is 32.8 Å². The Bertz CT molecular complexity index is 678. The van der Waals surface area contributed by atoms with Crippen molar-refractivity contribution in [2.24, 2.45) is 0 Å². The minimum atomic E-state index is -1.43. The third kappa shape index (κ3) is 7.60. The van der Waals surface area contributed by atoms with Crippen molar-refractivity contribution in [3.8, 4) is 0 Å². The molecule has 0 saturated carbocycles. The molecule has 0 aliphatic carbocycles. The number of nitro benzene ring substituents is 1. The monoisotopic (exact) mass is 368 g/mol. The molecule has 1 rings (SSSR count). The highest BCUT2D eigenvalue weighted by molar-refractivity contribution is 5.85. The van der Waals surface area contributed by atoms with Gasteiger partial charge in [-0.25, -0.2) is 9.59 Å². The van der Waals surface area contributed by atoms with Gasteiger partial charge in [-0.15, -0.1) is 0 Å². The number of rotatable bonds is 7. The van der Waals surface area contributed by atoms with Crippen molar-refractivity contribution in [3.05, 3.63) is 39.9 Å². The molecular formula is C16H20N2O8. The predicted molar refractivity (Wildman–Crippen MR) is 88.3 cm³/mol. The molecule has 0 heterocycles. The SMILES string of the molecule is CC(C)(C)OC(=O)N[C@@H](CC(=O)O)C(=O)OCc1ccc([N+](=O)[O-])cc1. The van der Waals surface area contributed by atoms with Crippen LogP contribution in [-0.2, 0) is 25.7 Å². The molecular weight excluding hydrogens is 348 g/mol. The number of carbonyl (C=O) groups is 3. The maximum atomic E-state index is 12.1. The van der Waals surface area contributed by atoms with Crippen LogP contribution in [0, 0.1) is 10.1 Å². The summed E-state index contributed by atoms with van der Waals surface area (Å²) in [5.41, 5.74) is -0.466. The molecule has 0 aromatic heterocycles. The molecule has 2 N–H and O–H groups in total. The third-order valence-corrected chi connectivity index (χ3v) is 2.88. The van der Waals surface area contributed by atoms with Crippen molar-refractivity contribution in [1.29, 1.82) is 0 Å². The molecule has 0 spiro atoms. The average Bonchev–Trinajstić information content (AvgIpc) is 2.50. The summed E-state index contributed by atoms with van der Waals surface area (Å²) in [4.78, 5) is 44.7. The van der Waals surface area contributed by atoms with Gasteiger partial charge < -0.3 is 19.9 Å². The number of hydrogen-bond donors (Lipinski definition) is 2. The zero-order valence-corrected chi connectivity index (χ0v) is 14.6. The van der Waals surface area contributed by atoms with Crippen molar-refractivity contribution in [1.82, 2.24) is 5.32 Å². The molecule has 0 saturated heterocycles. The van der Waals surface area contributed by atoms with Crippen molar-refractivity contribution < 1.29 is 33.9 Å². The first-order chi connectivity index (χ1) is 12.0. The molecule has 0 bridgehead atoms. The largest absolute Gasteiger partial charge is 0.481 e. The highest BCUT2D eigenvalue weighted by Gasteiger charge is 2.27. The zero-order chi connectivity index (χ0) is 19.9. The van der Waals surface area contributed by atoms with Crippen LogP contribution >= 0.6 is 0 Å². The number of carbonyl (C=O) groups excluding carboxylic acids is 2. The Morgan fingerprint density at radius 1 is 1.23 bits per heavy atom. The summed E-state index contributed by atoms with van der Waals surface area (Å²) in [7, 11) is 0. The lowest BCUT2D eigenvalue weighted by Crippen LogP contribution is -2.45. The van der Waals surface area contributed by atoms with E-state index in [1.807, 2.05) is 0 Å². The topological polar surface area (TPSA) is 145 Å². The smallest absolute Gasteiger partial charge is 0.408 e. The van der Waals surface area contributed by atoms with Crippen LogP contribution in [-0.4, -0.2) is 39.7 Å². The number of non-ortho nitro benzene ring substituents is 1. The van der Waals surface area contributed by atoms with E-state index in [-0.39, 0.29) is 12.3 Å². The van der Waals surface area contributed by atoms with E-state index in [1.165, 1.54) is 24.3 Å². The molecule has 1 aromatic rings. The number of ether oxygens (including phenoxy) is 2. The van der Waals surface area contributed by atoms with Crippen LogP contribution in [0.15, 0.2) is 24.3 Å². The number of nitrogens with one attached hydrogen (secondary N) is 1. The Kier molecular flexibility index (Phi) is 7.06. The van der Waals surface area contributed by atoms with Crippen LogP contribution in [0.2, 0.25) is 0 Å². The lowest BCUT2D eigenvalue weighted by atomic mass is 10.2. The lowest BCUT2D eigenvalue weighted by Gasteiger charge is -2.22. The van der Waals surface area contributed by atoms with E-state index >= 15 is 0 Å². The number of aliphatic carboxylic acids is 1. The molecule has 1 atom stereocenters. The molecule has 10 nitrogen and oxygen atoms in total. The number of amides is 1. The van der Waals surface area contributed by atoms with Crippen LogP contribution in [0.3, 0.4) is 0 Å². The molecule has 142 valence electrons. The van der Waals surface area contributed by atoms with Gasteiger partial charge in [0.2, 0.25) is 0 Å². The van der Waals surface area contributed by atoms with Gasteiger partial charge in [0.25, 0.3) is 5.69 Å². The number of hydrogen-bond acceptors (Lipinski definition) is 7. The third-order valence-electron chi connectivity index (χ3n) is 2.88. The number of alkyl carbamates (subject to hydrolysis) is 1. The van der Waals surface area contributed by atoms with E-state index in [0.717, 1.165) is 0 Å². The van der Waals surface area contributed by atoms with E-state index in [1.54, 1.807) is 20.8 Å². The lowest BCUT2D eigenvalue weighted by molar-refractivity contribution is -0.384. The minimum absolute atomic E-state index is 0.115. The summed E-state index contributed by atoms with van der Waals surface area (Å²) in [5, 5.41) is 21.6. The fraction of sp³-hybridized carbons (Fsp3) is 0.438. The maximum absolute atomic E-state index is 12.1. The Balaban J connectivity index is 2.69. The summed E-state index contributed by atoms with van der Waals surface area (Å²) in [6, 6.07) is 3.87. The van der Waals surface area contributed by atoms with Gasteiger partial charge in [0.1, 0.15) is 18.2 Å². The number of nitro groups is 1. The highest BCUT2D eigenvalue weighted by Crippen LogP contribution is 2.13. The van der Waals surface area contributed by atoms with Gasteiger partial charge in [-0.05, 0) is 38.5 Å². The quantitative estimate of drug-likeness (QED) is 0.422. The Morgan fingerprint density at radius 2 is 1.81 bits per heavy atom. The summed E-state index contributed by atoms with van der Waals surface area (Å²) in [6.07, 6.45) is -1.63. The molecule has 0 fully saturated rings. The zero-order valence-electron chi connectivity index (χ0n) is 14.6. The number of nitrogens with zero attached hydrogens (tertiary/aromatic N) is 1. The van der Waals surface area contributed by atoms with Gasteiger partial charge in [-0.1, -0.05) is 0 Å². The van der Waals surface area contributed by atoms with E-state index < -0.39 is 41.0 Å². The van der Waals surface area contributed by atoms with E-state index in [4.69, 9.17) is 14.6 Å². The molecule has 1 amide bonds. The van der Waals surface area contributed by atoms with Crippen molar-refractivity contribution in [2.75, 3.05) is 0 Å². The van der Waals surface area contributed by atoms with Crippen LogP contribution < -0.4 is 5.32 Å². The first kappa shape index (κ1) is 20.9. The van der Waals surface area contributed by atoms with E-state index in [2.05, 4.69) is 5.32 Å². The van der Waals surface area contributed by atoms with Gasteiger partial charge in [-0.2, -0.15) is 0 Å². The second-order valence-electron chi connectivity index (χ2n) is 6.33. The molecule has 0 aliphatic heterocycles. The van der Waals surface area contributed by atoms with Gasteiger partial charge >= 0.3 is 18.0 Å². The first-order valence-electron chi connectivity index (χ1n) is 7.59. The standard InChI is InChI=1S/C16H20N2O8/c1-16(2,3)26-15(22)17-12(8-13(19)20)14(21)25-9-10-4-6-11(7-5-10)18(23)24/h4-7,12H,8-9H2,1-3H3,(H,17,22)(H,19,20)/t12-/m0/s1. The number of carboxylic acids is 1. The molecule has 1 aromatic carbocycles. The Labute approximate surface area is 149 Å². The van der Waals surface area contributed by atoms with Crippen molar-refractivity contribution in [2.45, 2.75) is 45.4 Å². The average molecular weight is 368 g/mol. The molecule has 26 heavy (non-hydrogen) atoms. The fourth-order valence-corrected chi connectivity index (χ4v) is 1.79. The van der Waals surface area contributed by atoms with Gasteiger partial charge in [0.05, 0.1) is 11.3 Å². The first-order valence-corrected chi connectivity index (χ1v) is 7.59. The predicted octanol–water partition coefficient (Wildman–Crippen LogP) is 2.01. The van der Waals surface area contributed by atoms with Crippen LogP contribution in [0.5, 0.6) is 0 Å². The van der Waals surface area contributed by atoms with Crippen molar-refractivity contribution in [3.63, 3.8) is 0 Å². The number of esters is 1. The van der Waals surface area contributed by atoms with Gasteiger partial charge in [0, 0.05) is 12.1 Å². The van der Waals surface area contributed by atoms with E-state index in [0.29, 0.717) is 5.56 Å². The van der Waals surface area contributed by atoms with Gasteiger partial charge in [-0.3, -0.25) is 14.9 Å². The fourth-order valence-electron chi connectivity index (χ4n) is 1.79. The van der Waals surface area contributed by atoms with Crippen LogP contribution in [0.4, 0.5) is 10.5 Å². The number of carboxylic acid groups (broad SMARTS) is 1. The second-order valence-corrected chi connectivity index (χ2v) is 6.33. The highest BCUT2D eigenvalue weighted by atomic mass is 16.6. The normalized spacial score (nSPS) is 12.0. The molecule has 0 aliphatic rings. The van der Waals surface area contributed by atoms with Crippen LogP contribution in [0.25, 0.3) is 0 Å². The number of benzene rings is 1. The summed E-state index contributed by atoms with van der Waals surface area (Å²) < 4.78 is 9.96. The molecule has 0 unspecified atom stereocenters. The molecule has 0 radical (unpaired) electrons. The second kappa shape index (κ2) is 8.79. The van der Waals surface area contributed by atoms with Gasteiger partial charge in [0.15, 0.2) is 0 Å². The summed E-state index contributed by atoms with van der Waals surface area (Å²) in [5.74, 6) is -2.27.